The van der Waals surface area contributed by atoms with Gasteiger partial charge in [0.1, 0.15) is 0 Å². The van der Waals surface area contributed by atoms with Crippen LogP contribution < -0.4 is 3.30 Å². The van der Waals surface area contributed by atoms with Crippen molar-refractivity contribution in [2.24, 2.45) is 0 Å². The smallest absolute Gasteiger partial charge is 0 e. The number of carbonyl (C=O) groups excluding carboxylic acids is 1. The third-order valence-electron chi connectivity index (χ3n) is 0.0680. The van der Waals surface area contributed by atoms with E-state index >= 15 is 0 Å². The summed E-state index contributed by atoms with van der Waals surface area (Å²) in [6, 6.07) is 0. The van der Waals surface area contributed by atoms with E-state index in [0.717, 1.165) is 24.7 Å². The minimum atomic E-state index is 0. The zero-order valence-electron chi connectivity index (χ0n) is 2.40. The van der Waals surface area contributed by atoms with Gasteiger partial charge in [-0.15, -0.1) is 0 Å². The Balaban J connectivity index is 0. The molecule has 29 valence electrons. The van der Waals surface area contributed by atoms with E-state index in [4.69, 9.17) is 4.79 Å². The predicted octanol–water partition coefficient (Wildman–Crippen LogP) is -1.19. The minimum Gasteiger partial charge on any atom is 0 e. The van der Waals surface area contributed by atoms with Gasteiger partial charge in [0.2, 0.25) is 0 Å². The number of hydrogen-bond acceptors (Lipinski definition) is 1. The van der Waals surface area contributed by atoms with Crippen molar-refractivity contribution in [3.8, 4) is 0 Å². The van der Waals surface area contributed by atoms with Gasteiger partial charge in [-0.05, 0) is 0 Å². The summed E-state index contributed by atoms with van der Waals surface area (Å²) in [5, 5.41) is 0. The van der Waals surface area contributed by atoms with Gasteiger partial charge in [-0.25, -0.2) is 0 Å². The normalized spacial score (nSPS) is 4.00. The fourth-order valence-electron chi connectivity index (χ4n) is 0. The molecular formula is CH2CoInNO. The van der Waals surface area contributed by atoms with Gasteiger partial charge in [0.05, 0.1) is 0 Å². The van der Waals surface area contributed by atoms with E-state index in [9.17, 15) is 0 Å². The first kappa shape index (κ1) is 9.28. The fraction of sp³-hybridized carbons (Fsp3) is 0. The molecule has 0 unspecified atom stereocenters. The third-order valence-corrected chi connectivity index (χ3v) is 0.456. The standard InChI is InChI=1S/CH3NO.Co.In/c2-1-3;;/h1H,(H2,2,3);;/q;;+1/p-1. The number of nitrogens with one attached hydrogen (secondary N) is 1. The molecule has 0 heterocycles. The Morgan fingerprint density at radius 1 is 1.80 bits per heavy atom. The second-order valence-corrected chi connectivity index (χ2v) is 1.24. The summed E-state index contributed by atoms with van der Waals surface area (Å²) in [6.45, 7) is 0. The quantitative estimate of drug-likeness (QED) is 0.551. The van der Waals surface area contributed by atoms with Gasteiger partial charge in [-0.3, -0.25) is 0 Å². The van der Waals surface area contributed by atoms with Gasteiger partial charge in [-0.1, -0.05) is 0 Å². The summed E-state index contributed by atoms with van der Waals surface area (Å²) >= 11 is 0.822. The largest absolute Gasteiger partial charge is 0 e. The molecule has 0 aromatic rings. The van der Waals surface area contributed by atoms with Crippen LogP contribution in [0.2, 0.25) is 0 Å². The molecule has 0 aliphatic carbocycles. The average Bonchev–Trinajstić information content (AvgIpc) is 1.37. The van der Waals surface area contributed by atoms with E-state index in [0.29, 0.717) is 6.41 Å². The summed E-state index contributed by atoms with van der Waals surface area (Å²) in [5.74, 6) is 0. The summed E-state index contributed by atoms with van der Waals surface area (Å²) in [7, 11) is 0. The van der Waals surface area contributed by atoms with E-state index < -0.39 is 0 Å². The fourth-order valence-corrected chi connectivity index (χ4v) is 0. The molecule has 0 spiro atoms. The van der Waals surface area contributed by atoms with Crippen LogP contribution in [0.15, 0.2) is 0 Å². The Kier molecular flexibility index (Phi) is 16.4. The van der Waals surface area contributed by atoms with Crippen LogP contribution >= 0.6 is 0 Å². The number of amides is 1. The minimum absolute atomic E-state index is 0. The summed E-state index contributed by atoms with van der Waals surface area (Å²) in [5.41, 5.74) is 0. The van der Waals surface area contributed by atoms with Crippen LogP contribution in [0.5, 0.6) is 0 Å². The first-order valence-corrected chi connectivity index (χ1v) is 2.46. The Bertz CT molecular complexity index is 25.6. The van der Waals surface area contributed by atoms with Crippen molar-refractivity contribution in [2.75, 3.05) is 0 Å². The van der Waals surface area contributed by atoms with Crippen LogP contribution in [0, 0.1) is 0 Å². The van der Waals surface area contributed by atoms with E-state index in [1.807, 2.05) is 0 Å². The Hall–Kier alpha value is 0.847. The van der Waals surface area contributed by atoms with Crippen LogP contribution in [-0.4, -0.2) is 31.1 Å². The van der Waals surface area contributed by atoms with Crippen LogP contribution in [0.4, 0.5) is 0 Å². The zero-order valence-corrected chi connectivity index (χ0v) is 6.73. The number of hydrogen-bond donors (Lipinski definition) is 1. The number of rotatable bonds is 1. The maximum atomic E-state index is 9.09. The monoisotopic (exact) mass is 218 g/mol. The summed E-state index contributed by atoms with van der Waals surface area (Å²) < 4.78 is 2.38. The van der Waals surface area contributed by atoms with Crippen LogP contribution in [0.1, 0.15) is 0 Å². The van der Waals surface area contributed by atoms with Crippen molar-refractivity contribution in [1.29, 1.82) is 0 Å². The Morgan fingerprint density at radius 3 is 2.00 bits per heavy atom. The molecule has 5 heavy (non-hydrogen) atoms. The Morgan fingerprint density at radius 2 is 2.00 bits per heavy atom. The zero-order chi connectivity index (χ0) is 3.41. The molecule has 0 atom stereocenters. The maximum Gasteiger partial charge on any atom is 0 e. The molecule has 0 fully saturated rings. The SMILES string of the molecule is O=C[NH][In].[Co]. The van der Waals surface area contributed by atoms with Gasteiger partial charge in [-0.2, -0.15) is 0 Å². The van der Waals surface area contributed by atoms with Crippen LogP contribution in [0.25, 0.3) is 0 Å². The van der Waals surface area contributed by atoms with Crippen molar-refractivity contribution in [1.82, 2.24) is 3.30 Å². The van der Waals surface area contributed by atoms with Gasteiger partial charge >= 0.3 is 39.2 Å². The summed E-state index contributed by atoms with van der Waals surface area (Å²) in [6.07, 6.45) is 0.683. The van der Waals surface area contributed by atoms with Gasteiger partial charge in [0.25, 0.3) is 0 Å². The Labute approximate surface area is 55.9 Å². The van der Waals surface area contributed by atoms with Gasteiger partial charge < -0.3 is 0 Å². The number of carbonyl (C=O) groups is 1. The predicted molar refractivity (Wildman–Crippen MR) is 15.0 cm³/mol. The van der Waals surface area contributed by atoms with Crippen LogP contribution in [-0.2, 0) is 21.6 Å². The van der Waals surface area contributed by atoms with Crippen molar-refractivity contribution >= 4 is 31.1 Å². The summed E-state index contributed by atoms with van der Waals surface area (Å²) in [4.78, 5) is 9.09. The van der Waals surface area contributed by atoms with E-state index in [1.54, 1.807) is 0 Å². The molecule has 3 radical (unpaired) electrons. The molecule has 0 saturated carbocycles. The second-order valence-electron chi connectivity index (χ2n) is 0.285. The third kappa shape index (κ3) is 11.5. The maximum absolute atomic E-state index is 9.09. The van der Waals surface area contributed by atoms with E-state index in [2.05, 4.69) is 3.30 Å². The van der Waals surface area contributed by atoms with Crippen molar-refractivity contribution < 1.29 is 21.6 Å². The van der Waals surface area contributed by atoms with E-state index in [1.165, 1.54) is 0 Å². The molecular weight excluding hydrogens is 216 g/mol. The first-order chi connectivity index (χ1) is 1.91. The molecule has 0 bridgehead atoms. The van der Waals surface area contributed by atoms with Crippen molar-refractivity contribution in [3.05, 3.63) is 0 Å². The van der Waals surface area contributed by atoms with Crippen LogP contribution in [0.3, 0.4) is 0 Å². The average molecular weight is 218 g/mol. The molecule has 2 nitrogen and oxygen atoms in total. The molecule has 1 amide bonds. The molecule has 0 aromatic carbocycles. The van der Waals surface area contributed by atoms with E-state index in [-0.39, 0.29) is 16.8 Å². The molecule has 0 aliphatic rings. The molecule has 0 saturated heterocycles. The molecule has 0 aliphatic heterocycles. The van der Waals surface area contributed by atoms with Gasteiger partial charge in [0, 0.05) is 16.8 Å². The van der Waals surface area contributed by atoms with Crippen molar-refractivity contribution in [3.63, 3.8) is 0 Å². The van der Waals surface area contributed by atoms with Crippen molar-refractivity contribution in [2.45, 2.75) is 0 Å². The molecule has 4 heteroatoms. The second kappa shape index (κ2) is 8.85. The molecule has 1 N–H and O–H groups in total. The molecule has 0 aromatic heterocycles. The van der Waals surface area contributed by atoms with Gasteiger partial charge in [0.15, 0.2) is 0 Å². The molecule has 0 rings (SSSR count). The first-order valence-electron chi connectivity index (χ1n) is 0.813. The topological polar surface area (TPSA) is 29.1 Å².